The van der Waals surface area contributed by atoms with Gasteiger partial charge in [0.05, 0.1) is 0 Å². The van der Waals surface area contributed by atoms with E-state index >= 15 is 0 Å². The molecule has 0 fully saturated rings. The molecule has 0 amide bonds. The first kappa shape index (κ1) is 62.5. The first-order valence-electron chi connectivity index (χ1n) is 26.7. The number of allylic oxidation sites excluding steroid dienone is 22. The molecule has 0 aromatic heterocycles. The number of carbonyl (C=O) groups excluding carboxylic acids is 3. The van der Waals surface area contributed by atoms with E-state index in [1.54, 1.807) is 0 Å². The van der Waals surface area contributed by atoms with E-state index in [1.165, 1.54) is 51.4 Å². The third-order valence-corrected chi connectivity index (χ3v) is 10.6. The van der Waals surface area contributed by atoms with Gasteiger partial charge in [0.1, 0.15) is 13.2 Å². The molecule has 1 atom stereocenters. The molecular weight excluding hydrogens is 829 g/mol. The number of esters is 3. The molecule has 0 N–H and O–H groups in total. The van der Waals surface area contributed by atoms with Crippen LogP contribution >= 0.6 is 0 Å². The summed E-state index contributed by atoms with van der Waals surface area (Å²) in [7, 11) is 0. The zero-order valence-corrected chi connectivity index (χ0v) is 42.9. The standard InChI is InChI=1S/C61H96O6/c1-4-7-10-13-16-19-22-25-28-30-33-35-38-41-44-47-50-53-59(62)65-56-58(67-61(64)55-52-49-46-43-40-37-32-27-24-21-18-15-12-9-6-3)57-66-60(63)54-51-48-45-42-39-36-34-31-29-26-23-20-17-14-11-8-5-2/h7,9-10,12,16-21,25-29,32-33,35,40-41,43-44,58H,4-6,8,11,13-15,22-24,30-31,34,36-39,42,45-57H2,1-3H3/b10-7-,12-9-,19-16-,20-17-,21-18-,28-25-,29-26-,32-27-,35-33-,43-40-,44-41-/t58-/m1/s1. The molecule has 0 spiro atoms. The molecule has 0 aliphatic rings. The normalized spacial score (nSPS) is 13.2. The number of carbonyl (C=O) groups is 3. The van der Waals surface area contributed by atoms with E-state index in [0.29, 0.717) is 19.3 Å². The molecule has 0 aromatic rings. The smallest absolute Gasteiger partial charge is 0.306 e. The second-order valence-electron chi connectivity index (χ2n) is 17.0. The number of hydrogen-bond acceptors (Lipinski definition) is 6. The summed E-state index contributed by atoms with van der Waals surface area (Å²) in [6.45, 7) is 6.28. The molecule has 0 saturated heterocycles. The van der Waals surface area contributed by atoms with Crippen molar-refractivity contribution in [3.05, 3.63) is 134 Å². The Morgan fingerprint density at radius 2 is 0.597 bits per heavy atom. The van der Waals surface area contributed by atoms with Crippen LogP contribution in [0.1, 0.15) is 213 Å². The number of rotatable bonds is 46. The highest BCUT2D eigenvalue weighted by molar-refractivity contribution is 5.71. The van der Waals surface area contributed by atoms with Crippen molar-refractivity contribution in [3.8, 4) is 0 Å². The summed E-state index contributed by atoms with van der Waals surface area (Å²) in [5, 5.41) is 0. The number of unbranched alkanes of at least 4 members (excludes halogenated alkanes) is 13. The van der Waals surface area contributed by atoms with Gasteiger partial charge >= 0.3 is 17.9 Å². The lowest BCUT2D eigenvalue weighted by molar-refractivity contribution is -0.167. The van der Waals surface area contributed by atoms with Crippen molar-refractivity contribution < 1.29 is 28.6 Å². The number of ether oxygens (including phenoxy) is 3. The van der Waals surface area contributed by atoms with Gasteiger partial charge < -0.3 is 14.2 Å². The SMILES string of the molecule is CC/C=C\C/C=C\C/C=C\C/C=C\C/C=C\CCCC(=O)OC[C@H](COC(=O)CCCCCCCCC/C=C\C/C=C\CCCCC)OC(=O)CCCC/C=C\C/C=C\C/C=C\C/C=C\CC. The van der Waals surface area contributed by atoms with Crippen molar-refractivity contribution in [1.29, 1.82) is 0 Å². The van der Waals surface area contributed by atoms with Crippen LogP contribution in [0.2, 0.25) is 0 Å². The third kappa shape index (κ3) is 52.4. The lowest BCUT2D eigenvalue weighted by atomic mass is 10.1. The Labute approximate surface area is 411 Å². The van der Waals surface area contributed by atoms with Gasteiger partial charge in [-0.1, -0.05) is 199 Å². The molecule has 6 heteroatoms. The van der Waals surface area contributed by atoms with E-state index in [-0.39, 0.29) is 44.0 Å². The van der Waals surface area contributed by atoms with Crippen molar-refractivity contribution in [2.24, 2.45) is 0 Å². The summed E-state index contributed by atoms with van der Waals surface area (Å²) in [5.74, 6) is -1.04. The molecule has 0 aliphatic heterocycles. The molecular formula is C61H96O6. The van der Waals surface area contributed by atoms with Crippen LogP contribution in [0, 0.1) is 0 Å². The van der Waals surface area contributed by atoms with Gasteiger partial charge in [0.25, 0.3) is 0 Å². The van der Waals surface area contributed by atoms with E-state index in [1.807, 2.05) is 0 Å². The van der Waals surface area contributed by atoms with Gasteiger partial charge in [-0.25, -0.2) is 0 Å². The fraction of sp³-hybridized carbons (Fsp3) is 0.590. The number of hydrogen-bond donors (Lipinski definition) is 0. The van der Waals surface area contributed by atoms with Gasteiger partial charge in [0.2, 0.25) is 0 Å². The molecule has 67 heavy (non-hydrogen) atoms. The summed E-state index contributed by atoms with van der Waals surface area (Å²) in [4.78, 5) is 38.0. The van der Waals surface area contributed by atoms with E-state index in [9.17, 15) is 14.4 Å². The first-order chi connectivity index (χ1) is 33.0. The molecule has 0 bridgehead atoms. The second kappa shape index (κ2) is 54.2. The predicted octanol–water partition coefficient (Wildman–Crippen LogP) is 17.9. The summed E-state index contributed by atoms with van der Waals surface area (Å²) < 4.78 is 16.7. The zero-order valence-electron chi connectivity index (χ0n) is 42.9. The van der Waals surface area contributed by atoms with Gasteiger partial charge in [-0.3, -0.25) is 14.4 Å². The highest BCUT2D eigenvalue weighted by Crippen LogP contribution is 2.12. The summed E-state index contributed by atoms with van der Waals surface area (Å²) in [6, 6.07) is 0. The Morgan fingerprint density at radius 1 is 0.313 bits per heavy atom. The summed E-state index contributed by atoms with van der Waals surface area (Å²) in [5.41, 5.74) is 0. The Balaban J connectivity index is 4.57. The minimum Gasteiger partial charge on any atom is -0.462 e. The molecule has 6 nitrogen and oxygen atoms in total. The minimum atomic E-state index is -0.831. The Hall–Kier alpha value is -4.45. The Bertz CT molecular complexity index is 1480. The Kier molecular flexibility index (Phi) is 50.6. The molecule has 0 radical (unpaired) electrons. The summed E-state index contributed by atoms with van der Waals surface area (Å²) >= 11 is 0. The quantitative estimate of drug-likeness (QED) is 0.0262. The Morgan fingerprint density at radius 3 is 1.00 bits per heavy atom. The zero-order chi connectivity index (χ0) is 48.6. The van der Waals surface area contributed by atoms with Crippen LogP contribution in [0.3, 0.4) is 0 Å². The molecule has 0 saturated carbocycles. The second-order valence-corrected chi connectivity index (χ2v) is 17.0. The van der Waals surface area contributed by atoms with Gasteiger partial charge in [0, 0.05) is 19.3 Å². The first-order valence-corrected chi connectivity index (χ1v) is 26.7. The van der Waals surface area contributed by atoms with Gasteiger partial charge in [-0.05, 0) is 128 Å². The van der Waals surface area contributed by atoms with Crippen molar-refractivity contribution in [3.63, 3.8) is 0 Å². The van der Waals surface area contributed by atoms with Crippen LogP contribution in [0.4, 0.5) is 0 Å². The van der Waals surface area contributed by atoms with Crippen molar-refractivity contribution in [2.75, 3.05) is 13.2 Å². The van der Waals surface area contributed by atoms with Crippen molar-refractivity contribution in [1.82, 2.24) is 0 Å². The molecule has 0 rings (SSSR count). The van der Waals surface area contributed by atoms with Crippen LogP contribution in [0.15, 0.2) is 134 Å². The fourth-order valence-electron chi connectivity index (χ4n) is 6.67. The van der Waals surface area contributed by atoms with Gasteiger partial charge in [-0.15, -0.1) is 0 Å². The molecule has 376 valence electrons. The summed E-state index contributed by atoms with van der Waals surface area (Å²) in [6.07, 6.45) is 75.8. The largest absolute Gasteiger partial charge is 0.462 e. The maximum absolute atomic E-state index is 12.8. The van der Waals surface area contributed by atoms with Crippen molar-refractivity contribution in [2.45, 2.75) is 219 Å². The minimum absolute atomic E-state index is 0.121. The fourth-order valence-corrected chi connectivity index (χ4v) is 6.67. The van der Waals surface area contributed by atoms with E-state index in [4.69, 9.17) is 14.2 Å². The van der Waals surface area contributed by atoms with Crippen LogP contribution in [-0.4, -0.2) is 37.2 Å². The molecule has 0 heterocycles. The topological polar surface area (TPSA) is 78.9 Å². The van der Waals surface area contributed by atoms with Crippen LogP contribution < -0.4 is 0 Å². The predicted molar refractivity (Wildman–Crippen MR) is 288 cm³/mol. The maximum Gasteiger partial charge on any atom is 0.306 e. The van der Waals surface area contributed by atoms with E-state index in [0.717, 1.165) is 109 Å². The average Bonchev–Trinajstić information content (AvgIpc) is 3.33. The molecule has 0 unspecified atom stereocenters. The van der Waals surface area contributed by atoms with Crippen LogP contribution in [0.25, 0.3) is 0 Å². The lowest BCUT2D eigenvalue weighted by Crippen LogP contribution is -2.30. The van der Waals surface area contributed by atoms with Crippen LogP contribution in [0.5, 0.6) is 0 Å². The van der Waals surface area contributed by atoms with Gasteiger partial charge in [-0.2, -0.15) is 0 Å². The average molecular weight is 925 g/mol. The highest BCUT2D eigenvalue weighted by Gasteiger charge is 2.19. The lowest BCUT2D eigenvalue weighted by Gasteiger charge is -2.18. The molecule has 0 aliphatic carbocycles. The van der Waals surface area contributed by atoms with Crippen LogP contribution in [-0.2, 0) is 28.6 Å². The van der Waals surface area contributed by atoms with E-state index < -0.39 is 6.10 Å². The monoisotopic (exact) mass is 925 g/mol. The van der Waals surface area contributed by atoms with E-state index in [2.05, 4.69) is 154 Å². The molecule has 0 aromatic carbocycles. The van der Waals surface area contributed by atoms with Crippen molar-refractivity contribution >= 4 is 17.9 Å². The third-order valence-electron chi connectivity index (χ3n) is 10.6. The highest BCUT2D eigenvalue weighted by atomic mass is 16.6. The maximum atomic E-state index is 12.8. The van der Waals surface area contributed by atoms with Gasteiger partial charge in [0.15, 0.2) is 6.10 Å².